The third-order valence-electron chi connectivity index (χ3n) is 6.12. The standard InChI is InChI=1S/C27H32N4O3/c1-18(2)14-24-26(32)30(17-19-10-12-21(13-11-19)29(3)4)25(27(34-5)31(24)33)15-20-16-28-23-9-7-6-8-22(20)23/h6-13,16,18,28H,14-15,17H2,1-5H3. The summed E-state index contributed by atoms with van der Waals surface area (Å²) in [5.74, 6) is 0.329. The molecule has 4 rings (SSSR count). The molecule has 0 radical (unpaired) electrons. The first-order valence-corrected chi connectivity index (χ1v) is 11.5. The lowest BCUT2D eigenvalue weighted by Gasteiger charge is -2.19. The van der Waals surface area contributed by atoms with E-state index in [1.165, 1.54) is 7.11 Å². The molecule has 2 heterocycles. The van der Waals surface area contributed by atoms with Gasteiger partial charge in [-0.1, -0.05) is 44.2 Å². The summed E-state index contributed by atoms with van der Waals surface area (Å²) >= 11 is 0. The Kier molecular flexibility index (Phi) is 6.63. The molecule has 0 atom stereocenters. The number of aromatic nitrogens is 3. The number of aromatic amines is 1. The van der Waals surface area contributed by atoms with Gasteiger partial charge in [0.25, 0.3) is 5.69 Å². The average molecular weight is 461 g/mol. The SMILES string of the molecule is COc1c(Cc2c[nH]c3ccccc23)n(Cc2ccc(N(C)C)cc2)c(=O)c(CC(C)C)[n+]1[O-]. The minimum atomic E-state index is -0.268. The maximum absolute atomic E-state index is 13.7. The fraction of sp³-hybridized carbons (Fsp3) is 0.333. The summed E-state index contributed by atoms with van der Waals surface area (Å²) in [5.41, 5.74) is 4.58. The Labute approximate surface area is 199 Å². The molecular formula is C27H32N4O3. The number of ether oxygens (including phenoxy) is 1. The van der Waals surface area contributed by atoms with Gasteiger partial charge >= 0.3 is 11.4 Å². The molecule has 0 amide bonds. The van der Waals surface area contributed by atoms with Crippen LogP contribution in [0.3, 0.4) is 0 Å². The van der Waals surface area contributed by atoms with Crippen molar-refractivity contribution in [2.75, 3.05) is 26.1 Å². The van der Waals surface area contributed by atoms with E-state index in [0.717, 1.165) is 27.7 Å². The van der Waals surface area contributed by atoms with Gasteiger partial charge in [0.15, 0.2) is 0 Å². The lowest BCUT2D eigenvalue weighted by Crippen LogP contribution is -2.46. The van der Waals surface area contributed by atoms with Gasteiger partial charge in [-0.25, -0.2) is 0 Å². The molecule has 34 heavy (non-hydrogen) atoms. The molecule has 7 heteroatoms. The first kappa shape index (κ1) is 23.4. The van der Waals surface area contributed by atoms with Crippen LogP contribution < -0.4 is 19.9 Å². The zero-order valence-electron chi connectivity index (χ0n) is 20.5. The van der Waals surface area contributed by atoms with Gasteiger partial charge in [-0.15, -0.1) is 4.73 Å². The molecule has 0 bridgehead atoms. The minimum Gasteiger partial charge on any atom is -0.616 e. The van der Waals surface area contributed by atoms with Gasteiger partial charge in [0.1, 0.15) is 5.69 Å². The first-order valence-electron chi connectivity index (χ1n) is 11.5. The van der Waals surface area contributed by atoms with E-state index in [9.17, 15) is 10.0 Å². The van der Waals surface area contributed by atoms with Crippen LogP contribution >= 0.6 is 0 Å². The number of para-hydroxylation sites is 1. The molecule has 4 aromatic rings. The second kappa shape index (κ2) is 9.63. The van der Waals surface area contributed by atoms with Gasteiger partial charge in [-0.05, 0) is 35.2 Å². The lowest BCUT2D eigenvalue weighted by molar-refractivity contribution is -0.623. The first-order chi connectivity index (χ1) is 16.3. The Morgan fingerprint density at radius 2 is 1.82 bits per heavy atom. The molecule has 0 aliphatic heterocycles. The Hall–Kier alpha value is -3.74. The summed E-state index contributed by atoms with van der Waals surface area (Å²) < 4.78 is 8.02. The van der Waals surface area contributed by atoms with Crippen LogP contribution in [-0.2, 0) is 19.4 Å². The molecule has 7 nitrogen and oxygen atoms in total. The maximum atomic E-state index is 13.7. The third kappa shape index (κ3) is 4.51. The van der Waals surface area contributed by atoms with Gasteiger partial charge in [0, 0.05) is 49.7 Å². The molecule has 0 aliphatic carbocycles. The summed E-state index contributed by atoms with van der Waals surface area (Å²) in [6.07, 6.45) is 2.70. The molecule has 1 N–H and O–H groups in total. The van der Waals surface area contributed by atoms with E-state index in [1.807, 2.05) is 87.6 Å². The predicted molar refractivity (Wildman–Crippen MR) is 136 cm³/mol. The maximum Gasteiger partial charge on any atom is 0.400 e. The Morgan fingerprint density at radius 3 is 2.47 bits per heavy atom. The van der Waals surface area contributed by atoms with Crippen molar-refractivity contribution in [3.63, 3.8) is 0 Å². The molecule has 0 spiro atoms. The fourth-order valence-corrected chi connectivity index (χ4v) is 4.36. The van der Waals surface area contributed by atoms with Gasteiger partial charge in [0.2, 0.25) is 0 Å². The van der Waals surface area contributed by atoms with Gasteiger partial charge in [-0.3, -0.25) is 9.36 Å². The zero-order chi connectivity index (χ0) is 24.4. The van der Waals surface area contributed by atoms with E-state index in [4.69, 9.17) is 4.74 Å². The Bertz CT molecular complexity index is 1350. The van der Waals surface area contributed by atoms with Crippen molar-refractivity contribution in [3.05, 3.63) is 92.8 Å². The van der Waals surface area contributed by atoms with Crippen LogP contribution in [0, 0.1) is 11.1 Å². The van der Waals surface area contributed by atoms with Crippen molar-refractivity contribution in [3.8, 4) is 5.88 Å². The highest BCUT2D eigenvalue weighted by Crippen LogP contribution is 2.25. The van der Waals surface area contributed by atoms with E-state index in [1.54, 1.807) is 4.57 Å². The van der Waals surface area contributed by atoms with Crippen molar-refractivity contribution in [1.82, 2.24) is 9.55 Å². The van der Waals surface area contributed by atoms with Crippen LogP contribution in [0.1, 0.15) is 36.4 Å². The third-order valence-corrected chi connectivity index (χ3v) is 6.12. The lowest BCUT2D eigenvalue weighted by atomic mass is 10.1. The van der Waals surface area contributed by atoms with Crippen LogP contribution in [0.2, 0.25) is 0 Å². The number of hydrogen-bond acceptors (Lipinski definition) is 4. The quantitative estimate of drug-likeness (QED) is 0.320. The number of rotatable bonds is 8. The molecule has 0 saturated heterocycles. The number of nitrogens with one attached hydrogen (secondary N) is 1. The van der Waals surface area contributed by atoms with Crippen molar-refractivity contribution >= 4 is 16.6 Å². The van der Waals surface area contributed by atoms with Crippen molar-refractivity contribution < 1.29 is 9.47 Å². The van der Waals surface area contributed by atoms with Crippen molar-refractivity contribution in [1.29, 1.82) is 0 Å². The second-order valence-corrected chi connectivity index (χ2v) is 9.28. The molecule has 0 saturated carbocycles. The van der Waals surface area contributed by atoms with E-state index in [-0.39, 0.29) is 23.1 Å². The monoisotopic (exact) mass is 460 g/mol. The minimum absolute atomic E-state index is 0.157. The predicted octanol–water partition coefficient (Wildman–Crippen LogP) is 3.88. The number of methoxy groups -OCH3 is 1. The summed E-state index contributed by atoms with van der Waals surface area (Å²) in [4.78, 5) is 19.0. The Morgan fingerprint density at radius 1 is 1.12 bits per heavy atom. The summed E-state index contributed by atoms with van der Waals surface area (Å²) in [6.45, 7) is 4.35. The highest BCUT2D eigenvalue weighted by molar-refractivity contribution is 5.83. The van der Waals surface area contributed by atoms with E-state index >= 15 is 0 Å². The Balaban J connectivity index is 1.87. The van der Waals surface area contributed by atoms with Crippen molar-refractivity contribution in [2.45, 2.75) is 33.2 Å². The average Bonchev–Trinajstić information content (AvgIpc) is 3.22. The fourth-order valence-electron chi connectivity index (χ4n) is 4.36. The normalized spacial score (nSPS) is 11.4. The van der Waals surface area contributed by atoms with Crippen LogP contribution in [0.15, 0.2) is 59.5 Å². The van der Waals surface area contributed by atoms with Gasteiger partial charge < -0.3 is 19.8 Å². The smallest absolute Gasteiger partial charge is 0.400 e. The molecule has 178 valence electrons. The topological polar surface area (TPSA) is 77.2 Å². The van der Waals surface area contributed by atoms with Gasteiger partial charge in [0.05, 0.1) is 13.7 Å². The zero-order valence-corrected chi connectivity index (χ0v) is 20.5. The molecule has 0 aliphatic rings. The summed E-state index contributed by atoms with van der Waals surface area (Å²) in [6, 6.07) is 16.1. The number of anilines is 1. The van der Waals surface area contributed by atoms with Crippen molar-refractivity contribution in [2.24, 2.45) is 5.92 Å². The van der Waals surface area contributed by atoms with Gasteiger partial charge in [-0.2, -0.15) is 0 Å². The number of H-pyrrole nitrogens is 1. The molecule has 2 aromatic heterocycles. The largest absolute Gasteiger partial charge is 0.616 e. The van der Waals surface area contributed by atoms with Crippen LogP contribution in [0.4, 0.5) is 5.69 Å². The van der Waals surface area contributed by atoms with E-state index < -0.39 is 0 Å². The number of hydrogen-bond donors (Lipinski definition) is 1. The van der Waals surface area contributed by atoms with E-state index in [2.05, 4.69) is 4.98 Å². The van der Waals surface area contributed by atoms with Crippen LogP contribution in [0.5, 0.6) is 5.88 Å². The second-order valence-electron chi connectivity index (χ2n) is 9.28. The molecule has 2 aromatic carbocycles. The highest BCUT2D eigenvalue weighted by atomic mass is 16.5. The molecular weight excluding hydrogens is 428 g/mol. The summed E-state index contributed by atoms with van der Waals surface area (Å²) in [7, 11) is 5.47. The van der Waals surface area contributed by atoms with Crippen LogP contribution in [0.25, 0.3) is 10.9 Å². The number of nitrogens with zero attached hydrogens (tertiary/aromatic N) is 3. The van der Waals surface area contributed by atoms with Crippen LogP contribution in [-0.4, -0.2) is 30.8 Å². The molecule has 0 unspecified atom stereocenters. The number of benzene rings is 2. The summed E-state index contributed by atoms with van der Waals surface area (Å²) in [5, 5.41) is 14.3. The number of fused-ring (bicyclic) bond motifs is 1. The highest BCUT2D eigenvalue weighted by Gasteiger charge is 2.28. The molecule has 0 fully saturated rings. The van der Waals surface area contributed by atoms with E-state index in [0.29, 0.717) is 29.8 Å².